The molecule has 0 N–H and O–H groups in total. The number of aryl methyl sites for hydroxylation is 2. The molecule has 0 bridgehead atoms. The summed E-state index contributed by atoms with van der Waals surface area (Å²) in [6.45, 7) is 4.05. The van der Waals surface area contributed by atoms with Crippen LogP contribution >= 0.6 is 11.6 Å². The summed E-state index contributed by atoms with van der Waals surface area (Å²) in [5, 5.41) is 0. The summed E-state index contributed by atoms with van der Waals surface area (Å²) >= 11 is 5.75. The monoisotopic (exact) mass is 262 g/mol. The van der Waals surface area contributed by atoms with Gasteiger partial charge in [0.1, 0.15) is 11.6 Å². The summed E-state index contributed by atoms with van der Waals surface area (Å²) < 4.78 is 5.36. The number of alkyl halides is 1. The molecule has 0 saturated carbocycles. The summed E-state index contributed by atoms with van der Waals surface area (Å²) in [4.78, 5) is 8.51. The standard InChI is InChI=1S/C14H15ClN2O/c1-9-6-11(7-10(2)14(9)18-3)12-4-5-16-13(8-15)17-12/h4-7H,8H2,1-3H3. The Morgan fingerprint density at radius 1 is 1.22 bits per heavy atom. The predicted molar refractivity (Wildman–Crippen MR) is 73.1 cm³/mol. The Kier molecular flexibility index (Phi) is 3.82. The maximum absolute atomic E-state index is 5.75. The van der Waals surface area contributed by atoms with Crippen molar-refractivity contribution in [1.82, 2.24) is 9.97 Å². The Bertz CT molecular complexity index is 546. The number of hydrogen-bond donors (Lipinski definition) is 0. The summed E-state index contributed by atoms with van der Waals surface area (Å²) in [6, 6.07) is 6.01. The van der Waals surface area contributed by atoms with Crippen LogP contribution in [0.25, 0.3) is 11.3 Å². The maximum Gasteiger partial charge on any atom is 0.143 e. The second-order valence-electron chi connectivity index (χ2n) is 4.14. The fourth-order valence-corrected chi connectivity index (χ4v) is 2.17. The van der Waals surface area contributed by atoms with Crippen molar-refractivity contribution in [2.45, 2.75) is 19.7 Å². The van der Waals surface area contributed by atoms with Gasteiger partial charge in [-0.2, -0.15) is 0 Å². The number of halogens is 1. The highest BCUT2D eigenvalue weighted by molar-refractivity contribution is 6.16. The molecule has 4 heteroatoms. The van der Waals surface area contributed by atoms with Crippen molar-refractivity contribution < 1.29 is 4.74 Å². The smallest absolute Gasteiger partial charge is 0.143 e. The molecule has 3 nitrogen and oxygen atoms in total. The number of methoxy groups -OCH3 is 1. The van der Waals surface area contributed by atoms with Gasteiger partial charge in [0, 0.05) is 11.8 Å². The number of ether oxygens (including phenoxy) is 1. The zero-order valence-electron chi connectivity index (χ0n) is 10.7. The van der Waals surface area contributed by atoms with Crippen LogP contribution in [0.3, 0.4) is 0 Å². The third-order valence-corrected chi connectivity index (χ3v) is 3.02. The molecule has 0 radical (unpaired) electrons. The molecule has 0 amide bonds. The minimum atomic E-state index is 0.321. The Balaban J connectivity index is 2.51. The van der Waals surface area contributed by atoms with Gasteiger partial charge in [-0.25, -0.2) is 9.97 Å². The second-order valence-corrected chi connectivity index (χ2v) is 4.40. The maximum atomic E-state index is 5.75. The van der Waals surface area contributed by atoms with Gasteiger partial charge in [-0.15, -0.1) is 11.6 Å². The molecule has 94 valence electrons. The average molecular weight is 263 g/mol. The van der Waals surface area contributed by atoms with E-state index in [1.54, 1.807) is 13.3 Å². The molecule has 0 aliphatic rings. The number of aromatic nitrogens is 2. The Hall–Kier alpha value is -1.61. The van der Waals surface area contributed by atoms with Crippen LogP contribution in [-0.4, -0.2) is 17.1 Å². The topological polar surface area (TPSA) is 35.0 Å². The van der Waals surface area contributed by atoms with Gasteiger partial charge >= 0.3 is 0 Å². The molecule has 0 aliphatic carbocycles. The third-order valence-electron chi connectivity index (χ3n) is 2.79. The second kappa shape index (κ2) is 5.36. The van der Waals surface area contributed by atoms with E-state index < -0.39 is 0 Å². The molecule has 0 saturated heterocycles. The van der Waals surface area contributed by atoms with Crippen LogP contribution in [0.2, 0.25) is 0 Å². The molecule has 1 aromatic heterocycles. The molecular formula is C14H15ClN2O. The van der Waals surface area contributed by atoms with Gasteiger partial charge in [0.15, 0.2) is 0 Å². The molecule has 18 heavy (non-hydrogen) atoms. The summed E-state index contributed by atoms with van der Waals surface area (Å²) in [5.41, 5.74) is 4.13. The van der Waals surface area contributed by atoms with E-state index in [4.69, 9.17) is 16.3 Å². The largest absolute Gasteiger partial charge is 0.496 e. The third kappa shape index (κ3) is 2.46. The van der Waals surface area contributed by atoms with Crippen LogP contribution in [-0.2, 0) is 5.88 Å². The van der Waals surface area contributed by atoms with E-state index in [-0.39, 0.29) is 0 Å². The fraction of sp³-hybridized carbons (Fsp3) is 0.286. The molecular weight excluding hydrogens is 248 g/mol. The molecule has 2 aromatic rings. The van der Waals surface area contributed by atoms with Crippen molar-refractivity contribution in [3.05, 3.63) is 41.3 Å². The van der Waals surface area contributed by atoms with Crippen LogP contribution < -0.4 is 4.74 Å². The highest BCUT2D eigenvalue weighted by Crippen LogP contribution is 2.28. The normalized spacial score (nSPS) is 10.4. The van der Waals surface area contributed by atoms with E-state index in [1.165, 1.54) is 0 Å². The summed E-state index contributed by atoms with van der Waals surface area (Å²) in [5.74, 6) is 1.88. The van der Waals surface area contributed by atoms with Crippen LogP contribution in [0, 0.1) is 13.8 Å². The van der Waals surface area contributed by atoms with E-state index in [0.717, 1.165) is 28.1 Å². The molecule has 0 atom stereocenters. The van der Waals surface area contributed by atoms with Crippen LogP contribution in [0.5, 0.6) is 5.75 Å². The minimum Gasteiger partial charge on any atom is -0.496 e. The zero-order chi connectivity index (χ0) is 13.1. The number of hydrogen-bond acceptors (Lipinski definition) is 3. The number of benzene rings is 1. The SMILES string of the molecule is COc1c(C)cc(-c2ccnc(CCl)n2)cc1C. The molecule has 0 aliphatic heterocycles. The Morgan fingerprint density at radius 2 is 1.89 bits per heavy atom. The zero-order valence-corrected chi connectivity index (χ0v) is 11.5. The number of rotatable bonds is 3. The molecule has 0 unspecified atom stereocenters. The van der Waals surface area contributed by atoms with Crippen molar-refractivity contribution in [2.24, 2.45) is 0 Å². The Morgan fingerprint density at radius 3 is 2.44 bits per heavy atom. The van der Waals surface area contributed by atoms with Crippen LogP contribution in [0.15, 0.2) is 24.4 Å². The summed E-state index contributed by atoms with van der Waals surface area (Å²) in [7, 11) is 1.69. The highest BCUT2D eigenvalue weighted by Gasteiger charge is 2.08. The molecule has 2 rings (SSSR count). The van der Waals surface area contributed by atoms with Gasteiger partial charge in [0.25, 0.3) is 0 Å². The van der Waals surface area contributed by atoms with Crippen molar-refractivity contribution in [2.75, 3.05) is 7.11 Å². The lowest BCUT2D eigenvalue weighted by Gasteiger charge is -2.11. The first-order chi connectivity index (χ1) is 8.65. The van der Waals surface area contributed by atoms with Crippen LogP contribution in [0.4, 0.5) is 0 Å². The quantitative estimate of drug-likeness (QED) is 0.794. The van der Waals surface area contributed by atoms with E-state index >= 15 is 0 Å². The molecule has 1 aromatic carbocycles. The first kappa shape index (κ1) is 12.8. The van der Waals surface area contributed by atoms with Gasteiger partial charge in [-0.05, 0) is 43.2 Å². The van der Waals surface area contributed by atoms with Crippen LogP contribution in [0.1, 0.15) is 17.0 Å². The lowest BCUT2D eigenvalue weighted by Crippen LogP contribution is -1.96. The van der Waals surface area contributed by atoms with Crippen molar-refractivity contribution in [3.8, 4) is 17.0 Å². The molecule has 1 heterocycles. The van der Waals surface area contributed by atoms with Gasteiger partial charge in [0.05, 0.1) is 18.7 Å². The molecule has 0 fully saturated rings. The van der Waals surface area contributed by atoms with Crippen molar-refractivity contribution in [1.29, 1.82) is 0 Å². The summed E-state index contributed by atoms with van der Waals surface area (Å²) in [6.07, 6.45) is 1.73. The van der Waals surface area contributed by atoms with Gasteiger partial charge in [-0.3, -0.25) is 0 Å². The molecule has 0 spiro atoms. The van der Waals surface area contributed by atoms with Gasteiger partial charge in [-0.1, -0.05) is 0 Å². The predicted octanol–water partition coefficient (Wildman–Crippen LogP) is 3.51. The van der Waals surface area contributed by atoms with Gasteiger partial charge in [0.2, 0.25) is 0 Å². The van der Waals surface area contributed by atoms with Crippen molar-refractivity contribution in [3.63, 3.8) is 0 Å². The average Bonchev–Trinajstić information content (AvgIpc) is 2.38. The first-order valence-corrected chi connectivity index (χ1v) is 6.22. The number of nitrogens with zero attached hydrogens (tertiary/aromatic N) is 2. The fourth-order valence-electron chi connectivity index (χ4n) is 2.04. The lowest BCUT2D eigenvalue weighted by molar-refractivity contribution is 0.408. The highest BCUT2D eigenvalue weighted by atomic mass is 35.5. The van der Waals surface area contributed by atoms with E-state index in [1.807, 2.05) is 19.9 Å². The first-order valence-electron chi connectivity index (χ1n) is 5.69. The lowest BCUT2D eigenvalue weighted by atomic mass is 10.0. The van der Waals surface area contributed by atoms with Crippen molar-refractivity contribution >= 4 is 11.6 Å². The van der Waals surface area contributed by atoms with Gasteiger partial charge < -0.3 is 4.74 Å². The minimum absolute atomic E-state index is 0.321. The van der Waals surface area contributed by atoms with E-state index in [0.29, 0.717) is 11.7 Å². The van der Waals surface area contributed by atoms with E-state index in [2.05, 4.69) is 22.1 Å². The Labute approximate surface area is 112 Å². The van der Waals surface area contributed by atoms with E-state index in [9.17, 15) is 0 Å².